The molecule has 0 aromatic rings. The molecule has 0 rings (SSSR count). The van der Waals surface area contributed by atoms with E-state index in [1.54, 1.807) is 6.08 Å². The fourth-order valence-corrected chi connectivity index (χ4v) is 8.29. The molecular weight excluding hydrogens is 840 g/mol. The molecule has 0 radical (unpaired) electrons. The van der Waals surface area contributed by atoms with Gasteiger partial charge in [0.1, 0.15) is 13.2 Å². The van der Waals surface area contributed by atoms with Gasteiger partial charge in [-0.3, -0.25) is 13.8 Å². The highest BCUT2D eigenvalue weighted by atomic mass is 31.2. The Bertz CT molecular complexity index is 1300. The van der Waals surface area contributed by atoms with E-state index in [2.05, 4.69) is 79.9 Å². The van der Waals surface area contributed by atoms with E-state index in [0.29, 0.717) is 17.4 Å². The van der Waals surface area contributed by atoms with Crippen molar-refractivity contribution in [3.05, 3.63) is 72.9 Å². The fourth-order valence-electron chi connectivity index (χ4n) is 7.55. The number of phosphoric acid groups is 1. The first-order valence-electron chi connectivity index (χ1n) is 27.3. The van der Waals surface area contributed by atoms with Gasteiger partial charge in [-0.2, -0.15) is 0 Å². The minimum atomic E-state index is -4.36. The molecule has 3 atom stereocenters. The van der Waals surface area contributed by atoms with Crippen molar-refractivity contribution in [2.24, 2.45) is 0 Å². The Hall–Kier alpha value is -2.06. The first kappa shape index (κ1) is 63.9. The van der Waals surface area contributed by atoms with E-state index >= 15 is 0 Å². The van der Waals surface area contributed by atoms with Crippen LogP contribution in [0, 0.1) is 0 Å². The van der Waals surface area contributed by atoms with E-state index in [1.807, 2.05) is 27.2 Å². The minimum Gasteiger partial charge on any atom is -0.387 e. The summed E-state index contributed by atoms with van der Waals surface area (Å²) in [4.78, 5) is 23.3. The van der Waals surface area contributed by atoms with E-state index < -0.39 is 20.0 Å². The van der Waals surface area contributed by atoms with Gasteiger partial charge in [0.15, 0.2) is 0 Å². The Morgan fingerprint density at radius 3 is 1.32 bits per heavy atom. The van der Waals surface area contributed by atoms with E-state index in [1.165, 1.54) is 154 Å². The number of carbonyl (C=O) groups excluding carboxylic acids is 1. The number of amides is 1. The first-order valence-corrected chi connectivity index (χ1v) is 28.8. The number of unbranched alkanes of at least 4 members (excludes halogenated alkanes) is 26. The molecule has 0 aromatic heterocycles. The van der Waals surface area contributed by atoms with Crippen LogP contribution in [0.1, 0.15) is 232 Å². The zero-order valence-corrected chi connectivity index (χ0v) is 44.6. The molecule has 0 aliphatic carbocycles. The molecule has 66 heavy (non-hydrogen) atoms. The Balaban J connectivity index is 4.33. The van der Waals surface area contributed by atoms with Crippen LogP contribution in [0.25, 0.3) is 0 Å². The van der Waals surface area contributed by atoms with E-state index in [-0.39, 0.29) is 19.1 Å². The average molecular weight is 946 g/mol. The molecule has 384 valence electrons. The topological polar surface area (TPSA) is 105 Å². The van der Waals surface area contributed by atoms with Crippen molar-refractivity contribution in [1.82, 2.24) is 5.32 Å². The summed E-state index contributed by atoms with van der Waals surface area (Å²) in [5.41, 5.74) is 0. The summed E-state index contributed by atoms with van der Waals surface area (Å²) in [5.74, 6) is -0.197. The Morgan fingerprint density at radius 2 is 0.879 bits per heavy atom. The highest BCUT2D eigenvalue weighted by molar-refractivity contribution is 7.47. The number of hydrogen-bond acceptors (Lipinski definition) is 5. The molecular formula is C57H106N2O6P+. The second kappa shape index (κ2) is 48.0. The number of nitrogens with zero attached hydrogens (tertiary/aromatic N) is 1. The van der Waals surface area contributed by atoms with Crippen LogP contribution in [-0.2, 0) is 18.4 Å². The van der Waals surface area contributed by atoms with Crippen LogP contribution < -0.4 is 5.32 Å². The molecule has 0 spiro atoms. The summed E-state index contributed by atoms with van der Waals surface area (Å²) in [6, 6.07) is -0.876. The van der Waals surface area contributed by atoms with Gasteiger partial charge in [0.25, 0.3) is 0 Å². The lowest BCUT2D eigenvalue weighted by atomic mass is 10.0. The average Bonchev–Trinajstić information content (AvgIpc) is 3.28. The number of phosphoric ester groups is 1. The van der Waals surface area contributed by atoms with E-state index in [0.717, 1.165) is 57.8 Å². The maximum Gasteiger partial charge on any atom is 0.472 e. The molecule has 1 amide bonds. The van der Waals surface area contributed by atoms with Crippen molar-refractivity contribution in [2.45, 2.75) is 244 Å². The Labute approximate surface area is 408 Å². The van der Waals surface area contributed by atoms with Gasteiger partial charge in [-0.25, -0.2) is 4.57 Å². The van der Waals surface area contributed by atoms with Crippen LogP contribution >= 0.6 is 7.82 Å². The predicted octanol–water partition coefficient (Wildman–Crippen LogP) is 16.3. The smallest absolute Gasteiger partial charge is 0.387 e. The highest BCUT2D eigenvalue weighted by Gasteiger charge is 2.27. The summed E-state index contributed by atoms with van der Waals surface area (Å²) >= 11 is 0. The zero-order chi connectivity index (χ0) is 48.5. The predicted molar refractivity (Wildman–Crippen MR) is 286 cm³/mol. The van der Waals surface area contributed by atoms with Crippen LogP contribution in [0.15, 0.2) is 72.9 Å². The van der Waals surface area contributed by atoms with Crippen molar-refractivity contribution in [3.8, 4) is 0 Å². The maximum absolute atomic E-state index is 13.0. The first-order chi connectivity index (χ1) is 32.0. The number of nitrogens with one attached hydrogen (secondary N) is 1. The lowest BCUT2D eigenvalue weighted by Gasteiger charge is -2.25. The fraction of sp³-hybridized carbons (Fsp3) is 0.772. The van der Waals surface area contributed by atoms with Crippen LogP contribution in [0.4, 0.5) is 0 Å². The third-order valence-electron chi connectivity index (χ3n) is 11.9. The number of rotatable bonds is 49. The van der Waals surface area contributed by atoms with Gasteiger partial charge >= 0.3 is 7.82 Å². The molecule has 0 aromatic carbocycles. The van der Waals surface area contributed by atoms with Crippen LogP contribution in [0.5, 0.6) is 0 Å². The quantitative estimate of drug-likeness (QED) is 0.0243. The van der Waals surface area contributed by atoms with Crippen molar-refractivity contribution in [2.75, 3.05) is 40.9 Å². The molecule has 0 heterocycles. The van der Waals surface area contributed by atoms with Crippen molar-refractivity contribution < 1.29 is 32.9 Å². The number of hydrogen-bond donors (Lipinski definition) is 3. The number of aliphatic hydroxyl groups is 1. The van der Waals surface area contributed by atoms with Crippen molar-refractivity contribution >= 4 is 13.7 Å². The highest BCUT2D eigenvalue weighted by Crippen LogP contribution is 2.43. The molecule has 3 N–H and O–H groups in total. The second-order valence-corrected chi connectivity index (χ2v) is 21.0. The zero-order valence-electron chi connectivity index (χ0n) is 43.7. The Kier molecular flexibility index (Phi) is 46.5. The number of allylic oxidation sites excluding steroid dienone is 11. The minimum absolute atomic E-state index is 0.0499. The molecule has 0 fully saturated rings. The molecule has 3 unspecified atom stereocenters. The third kappa shape index (κ3) is 49.8. The van der Waals surface area contributed by atoms with Gasteiger partial charge in [0.05, 0.1) is 39.9 Å². The van der Waals surface area contributed by atoms with Gasteiger partial charge in [0.2, 0.25) is 5.91 Å². The second-order valence-electron chi connectivity index (χ2n) is 19.6. The lowest BCUT2D eigenvalue weighted by Crippen LogP contribution is -2.45. The number of aliphatic hydroxyl groups excluding tert-OH is 1. The number of carbonyl (C=O) groups is 1. The monoisotopic (exact) mass is 946 g/mol. The number of likely N-dealkylation sites (N-methyl/N-ethyl adjacent to an activating group) is 1. The summed E-state index contributed by atoms with van der Waals surface area (Å²) in [5, 5.41) is 13.9. The van der Waals surface area contributed by atoms with E-state index in [9.17, 15) is 19.4 Å². The van der Waals surface area contributed by atoms with E-state index in [4.69, 9.17) is 9.05 Å². The molecule has 0 bridgehead atoms. The van der Waals surface area contributed by atoms with Crippen molar-refractivity contribution in [1.29, 1.82) is 0 Å². The molecule has 0 saturated heterocycles. The molecule has 0 aliphatic rings. The molecule has 9 heteroatoms. The van der Waals surface area contributed by atoms with Gasteiger partial charge in [0, 0.05) is 6.42 Å². The summed E-state index contributed by atoms with van der Waals surface area (Å²) in [7, 11) is 1.54. The lowest BCUT2D eigenvalue weighted by molar-refractivity contribution is -0.870. The summed E-state index contributed by atoms with van der Waals surface area (Å²) in [6.45, 7) is 4.77. The largest absolute Gasteiger partial charge is 0.472 e. The standard InChI is InChI=1S/C57H105N2O6P/c1-6-8-10-12-14-16-18-20-22-24-26-27-28-29-30-31-33-35-37-39-41-43-45-47-49-51-57(61)58-55(54-65-66(62,63)64-53-52-59(3,4)5)56(60)50-48-46-44-42-40-38-36-34-32-25-23-21-19-17-15-13-11-9-7-2/h18,20,24,26,28-29,32,34,40,42,48,50,55-56,60H,6-17,19,21-23,25,27,30-31,33,35-39,41,43-47,49,51-54H2,1-5H3,(H-,58,61,62,63)/p+1/b20-18-,26-24-,29-28-,34-32+,42-40+,50-48+. The van der Waals surface area contributed by atoms with Crippen molar-refractivity contribution in [3.63, 3.8) is 0 Å². The molecule has 8 nitrogen and oxygen atoms in total. The van der Waals surface area contributed by atoms with Gasteiger partial charge in [-0.05, 0) is 83.5 Å². The normalized spacial score (nSPS) is 14.6. The van der Waals surface area contributed by atoms with Crippen LogP contribution in [-0.4, -0.2) is 73.4 Å². The van der Waals surface area contributed by atoms with Gasteiger partial charge < -0.3 is 19.8 Å². The Morgan fingerprint density at radius 1 is 0.515 bits per heavy atom. The van der Waals surface area contributed by atoms with Gasteiger partial charge in [-0.1, -0.05) is 215 Å². The SMILES string of the molecule is CCCCCCC/C=C\C/C=C\C/C=C\CCCCCCCCCCCCC(=O)NC(COP(=O)(O)OCC[N+](C)(C)C)C(O)/C=C/CC/C=C/CC/C=C/CCCCCCCCCCC. The summed E-state index contributed by atoms with van der Waals surface area (Å²) < 4.78 is 23.6. The maximum atomic E-state index is 13.0. The van der Waals surface area contributed by atoms with Crippen LogP contribution in [0.3, 0.4) is 0 Å². The number of quaternary nitrogens is 1. The molecule has 0 aliphatic heterocycles. The molecule has 0 saturated carbocycles. The summed E-state index contributed by atoms with van der Waals surface area (Å²) in [6.07, 6.45) is 65.6. The van der Waals surface area contributed by atoms with Crippen LogP contribution in [0.2, 0.25) is 0 Å². The third-order valence-corrected chi connectivity index (χ3v) is 12.9. The van der Waals surface area contributed by atoms with Gasteiger partial charge in [-0.15, -0.1) is 0 Å².